The number of carbonyl (C=O) groups is 2. The van der Waals surface area contributed by atoms with Gasteiger partial charge in [0.1, 0.15) is 12.5 Å². The molecule has 0 aromatic heterocycles. The van der Waals surface area contributed by atoms with Crippen molar-refractivity contribution in [1.29, 1.82) is 0 Å². The van der Waals surface area contributed by atoms with Gasteiger partial charge in [-0.1, -0.05) is 0 Å². The number of nitrogens with zero attached hydrogens (tertiary/aromatic N) is 2. The number of nitrogens with one attached hydrogen (secondary N) is 1. The quantitative estimate of drug-likeness (QED) is 0.755. The van der Waals surface area contributed by atoms with E-state index in [0.717, 1.165) is 4.90 Å². The van der Waals surface area contributed by atoms with E-state index in [1.54, 1.807) is 0 Å². The van der Waals surface area contributed by atoms with E-state index >= 15 is 0 Å². The van der Waals surface area contributed by atoms with Crippen LogP contribution >= 0.6 is 0 Å². The number of carbonyl (C=O) groups excluding carboxylic acids is 2. The van der Waals surface area contributed by atoms with Gasteiger partial charge in [-0.15, -0.1) is 0 Å². The number of halogens is 3. The van der Waals surface area contributed by atoms with Gasteiger partial charge in [0.05, 0.1) is 0 Å². The maximum atomic E-state index is 12.2. The average molecular weight is 267 g/mol. The fraction of sp³-hybridized carbons (Fsp3) is 0.800. The van der Waals surface area contributed by atoms with Crippen molar-refractivity contribution >= 4 is 11.8 Å². The molecule has 1 rings (SSSR count). The molecule has 0 aliphatic carbocycles. The van der Waals surface area contributed by atoms with Crippen LogP contribution in [-0.2, 0) is 9.59 Å². The Morgan fingerprint density at radius 1 is 1.39 bits per heavy atom. The summed E-state index contributed by atoms with van der Waals surface area (Å²) in [7, 11) is 3.01. The van der Waals surface area contributed by atoms with Crippen molar-refractivity contribution in [2.75, 3.05) is 33.7 Å². The Hall–Kier alpha value is -1.31. The Morgan fingerprint density at radius 3 is 2.50 bits per heavy atom. The summed E-state index contributed by atoms with van der Waals surface area (Å²) in [5.41, 5.74) is 0. The van der Waals surface area contributed by atoms with Crippen LogP contribution in [0.25, 0.3) is 0 Å². The minimum absolute atomic E-state index is 0.110. The van der Waals surface area contributed by atoms with Gasteiger partial charge in [0.15, 0.2) is 0 Å². The van der Waals surface area contributed by atoms with E-state index in [9.17, 15) is 22.8 Å². The Labute approximate surface area is 103 Å². The second kappa shape index (κ2) is 5.55. The predicted octanol–water partition coefficient (Wildman–Crippen LogP) is -0.173. The molecule has 1 unspecified atom stereocenters. The van der Waals surface area contributed by atoms with Crippen LogP contribution in [0.1, 0.15) is 6.42 Å². The zero-order chi connectivity index (χ0) is 13.9. The number of amides is 2. The van der Waals surface area contributed by atoms with Gasteiger partial charge in [-0.2, -0.15) is 13.2 Å². The van der Waals surface area contributed by atoms with E-state index in [2.05, 4.69) is 5.32 Å². The van der Waals surface area contributed by atoms with E-state index in [1.807, 2.05) is 0 Å². The third kappa shape index (κ3) is 3.86. The summed E-state index contributed by atoms with van der Waals surface area (Å²) in [6.45, 7) is 0.681. The zero-order valence-electron chi connectivity index (χ0n) is 10.3. The van der Waals surface area contributed by atoms with E-state index in [1.165, 1.54) is 19.0 Å². The summed E-state index contributed by atoms with van der Waals surface area (Å²) < 4.78 is 36.6. The van der Waals surface area contributed by atoms with Crippen LogP contribution in [0, 0.1) is 0 Å². The highest BCUT2D eigenvalue weighted by Gasteiger charge is 2.38. The third-order valence-electron chi connectivity index (χ3n) is 2.64. The molecule has 1 atom stereocenters. The number of piperazine rings is 1. The standard InChI is InChI=1S/C10H16F3N3O2/c1-15(2)9(18)7-6-14-3-4-16(7)8(17)5-10(11,12)13/h7,14H,3-6H2,1-2H3. The molecule has 0 aromatic carbocycles. The minimum Gasteiger partial charge on any atom is -0.347 e. The molecule has 2 amide bonds. The molecule has 5 nitrogen and oxygen atoms in total. The largest absolute Gasteiger partial charge is 0.397 e. The molecular formula is C10H16F3N3O2. The topological polar surface area (TPSA) is 52.7 Å². The summed E-state index contributed by atoms with van der Waals surface area (Å²) in [5.74, 6) is -1.43. The van der Waals surface area contributed by atoms with Crippen molar-refractivity contribution in [2.24, 2.45) is 0 Å². The Kier molecular flexibility index (Phi) is 4.55. The molecule has 1 saturated heterocycles. The summed E-state index contributed by atoms with van der Waals surface area (Å²) in [5, 5.41) is 2.90. The third-order valence-corrected chi connectivity index (χ3v) is 2.64. The molecule has 104 valence electrons. The van der Waals surface area contributed by atoms with Crippen LogP contribution in [0.15, 0.2) is 0 Å². The van der Waals surface area contributed by atoms with Crippen molar-refractivity contribution in [2.45, 2.75) is 18.6 Å². The molecule has 0 bridgehead atoms. The first-order valence-electron chi connectivity index (χ1n) is 5.50. The molecule has 1 aliphatic heterocycles. The van der Waals surface area contributed by atoms with Gasteiger partial charge >= 0.3 is 6.18 Å². The van der Waals surface area contributed by atoms with E-state index < -0.39 is 24.5 Å². The Morgan fingerprint density at radius 2 is 2.00 bits per heavy atom. The van der Waals surface area contributed by atoms with Crippen molar-refractivity contribution in [1.82, 2.24) is 15.1 Å². The highest BCUT2D eigenvalue weighted by atomic mass is 19.4. The second-order valence-corrected chi connectivity index (χ2v) is 4.33. The Bertz CT molecular complexity index is 331. The van der Waals surface area contributed by atoms with Gasteiger partial charge in [0.2, 0.25) is 11.8 Å². The lowest BCUT2D eigenvalue weighted by Gasteiger charge is -2.36. The molecule has 1 heterocycles. The molecule has 0 spiro atoms. The number of rotatable bonds is 2. The van der Waals surface area contributed by atoms with Crippen LogP contribution in [0.3, 0.4) is 0 Å². The zero-order valence-corrected chi connectivity index (χ0v) is 10.3. The lowest BCUT2D eigenvalue weighted by molar-refractivity contribution is -0.166. The van der Waals surface area contributed by atoms with Crippen LogP contribution in [0.5, 0.6) is 0 Å². The number of hydrogen-bond donors (Lipinski definition) is 1. The fourth-order valence-corrected chi connectivity index (χ4v) is 1.79. The molecule has 0 saturated carbocycles. The molecule has 18 heavy (non-hydrogen) atoms. The van der Waals surface area contributed by atoms with Gasteiger partial charge in [-0.25, -0.2) is 0 Å². The lowest BCUT2D eigenvalue weighted by Crippen LogP contribution is -2.59. The normalized spacial score (nSPS) is 20.7. The second-order valence-electron chi connectivity index (χ2n) is 4.33. The molecule has 1 fully saturated rings. The summed E-state index contributed by atoms with van der Waals surface area (Å²) in [6, 6.07) is -0.858. The molecule has 8 heteroatoms. The first-order chi connectivity index (χ1) is 8.22. The fourth-order valence-electron chi connectivity index (χ4n) is 1.79. The average Bonchev–Trinajstić information content (AvgIpc) is 2.25. The van der Waals surface area contributed by atoms with Gasteiger partial charge in [-0.3, -0.25) is 9.59 Å². The van der Waals surface area contributed by atoms with Gasteiger partial charge < -0.3 is 15.1 Å². The van der Waals surface area contributed by atoms with Crippen LogP contribution < -0.4 is 5.32 Å². The smallest absolute Gasteiger partial charge is 0.347 e. The number of likely N-dealkylation sites (N-methyl/N-ethyl adjacent to an activating group) is 1. The van der Waals surface area contributed by atoms with Crippen LogP contribution in [0.4, 0.5) is 13.2 Å². The molecule has 0 aromatic rings. The number of alkyl halides is 3. The minimum atomic E-state index is -4.55. The van der Waals surface area contributed by atoms with E-state index in [0.29, 0.717) is 6.54 Å². The van der Waals surface area contributed by atoms with E-state index in [-0.39, 0.29) is 19.0 Å². The van der Waals surface area contributed by atoms with Crippen molar-refractivity contribution in [3.05, 3.63) is 0 Å². The molecular weight excluding hydrogens is 251 g/mol. The molecule has 0 radical (unpaired) electrons. The number of hydrogen-bond acceptors (Lipinski definition) is 3. The van der Waals surface area contributed by atoms with Crippen molar-refractivity contribution in [3.63, 3.8) is 0 Å². The maximum absolute atomic E-state index is 12.2. The van der Waals surface area contributed by atoms with Crippen LogP contribution in [0.2, 0.25) is 0 Å². The lowest BCUT2D eigenvalue weighted by atomic mass is 10.1. The highest BCUT2D eigenvalue weighted by molar-refractivity contribution is 5.88. The first kappa shape index (κ1) is 14.7. The summed E-state index contributed by atoms with van der Waals surface area (Å²) in [6.07, 6.45) is -6.07. The van der Waals surface area contributed by atoms with Crippen molar-refractivity contribution < 1.29 is 22.8 Å². The molecule has 1 N–H and O–H groups in total. The monoisotopic (exact) mass is 267 g/mol. The van der Waals surface area contributed by atoms with Gasteiger partial charge in [-0.05, 0) is 0 Å². The summed E-state index contributed by atoms with van der Waals surface area (Å²) >= 11 is 0. The maximum Gasteiger partial charge on any atom is 0.397 e. The van der Waals surface area contributed by atoms with Crippen molar-refractivity contribution in [3.8, 4) is 0 Å². The van der Waals surface area contributed by atoms with Crippen LogP contribution in [-0.4, -0.2) is 67.6 Å². The van der Waals surface area contributed by atoms with Gasteiger partial charge in [0, 0.05) is 33.7 Å². The Balaban J connectivity index is 2.76. The predicted molar refractivity (Wildman–Crippen MR) is 57.7 cm³/mol. The first-order valence-corrected chi connectivity index (χ1v) is 5.50. The SMILES string of the molecule is CN(C)C(=O)C1CNCCN1C(=O)CC(F)(F)F. The van der Waals surface area contributed by atoms with E-state index in [4.69, 9.17) is 0 Å². The van der Waals surface area contributed by atoms with Gasteiger partial charge in [0.25, 0.3) is 0 Å². The highest BCUT2D eigenvalue weighted by Crippen LogP contribution is 2.22. The summed E-state index contributed by atoms with van der Waals surface area (Å²) in [4.78, 5) is 25.6. The molecule has 1 aliphatic rings.